The molecule has 0 aliphatic carbocycles. The van der Waals surface area contributed by atoms with Crippen LogP contribution in [0.1, 0.15) is 46.8 Å². The van der Waals surface area contributed by atoms with Gasteiger partial charge >= 0.3 is 0 Å². The van der Waals surface area contributed by atoms with Crippen LogP contribution in [0.15, 0.2) is 21.3 Å². The van der Waals surface area contributed by atoms with E-state index in [2.05, 4.69) is 9.97 Å². The molecule has 0 aromatic carbocycles. The Balaban J connectivity index is 1.77. The van der Waals surface area contributed by atoms with Crippen molar-refractivity contribution in [2.45, 2.75) is 32.6 Å². The van der Waals surface area contributed by atoms with Gasteiger partial charge in [0, 0.05) is 45.6 Å². The van der Waals surface area contributed by atoms with E-state index in [4.69, 9.17) is 4.42 Å². The first-order chi connectivity index (χ1) is 11.9. The number of likely N-dealkylation sites (tertiary alicyclic amines) is 1. The third-order valence-corrected chi connectivity index (χ3v) is 4.62. The summed E-state index contributed by atoms with van der Waals surface area (Å²) < 4.78 is 5.68. The van der Waals surface area contributed by atoms with Crippen LogP contribution in [0.4, 0.5) is 5.95 Å². The molecule has 0 bridgehead atoms. The number of rotatable bonds is 4. The predicted molar refractivity (Wildman–Crippen MR) is 95.3 cm³/mol. The topological polar surface area (TPSA) is 82.4 Å². The third-order valence-electron chi connectivity index (χ3n) is 4.62. The zero-order valence-electron chi connectivity index (χ0n) is 15.1. The first-order valence-corrected chi connectivity index (χ1v) is 8.56. The van der Waals surface area contributed by atoms with Crippen LogP contribution < -0.4 is 10.5 Å². The van der Waals surface area contributed by atoms with Gasteiger partial charge in [-0.2, -0.15) is 0 Å². The number of hydrogen-bond acceptors (Lipinski definition) is 5. The van der Waals surface area contributed by atoms with Crippen LogP contribution in [-0.4, -0.2) is 48.0 Å². The Morgan fingerprint density at radius 1 is 1.44 bits per heavy atom. The molecule has 0 saturated carbocycles. The molecule has 0 radical (unpaired) electrons. The number of amides is 1. The number of nitrogens with zero attached hydrogens (tertiary/aromatic N) is 3. The molecule has 1 amide bonds. The number of H-pyrrole nitrogens is 1. The van der Waals surface area contributed by atoms with Gasteiger partial charge in [0.25, 0.3) is 11.5 Å². The summed E-state index contributed by atoms with van der Waals surface area (Å²) in [4.78, 5) is 35.3. The number of aryl methyl sites for hydroxylation is 2. The number of aromatic amines is 1. The molecular formula is C18H24N4O3. The highest BCUT2D eigenvalue weighted by molar-refractivity contribution is 5.92. The van der Waals surface area contributed by atoms with Crippen molar-refractivity contribution in [3.63, 3.8) is 0 Å². The van der Waals surface area contributed by atoms with Gasteiger partial charge in [0.1, 0.15) is 5.76 Å². The third kappa shape index (κ3) is 3.45. The Morgan fingerprint density at radius 2 is 2.20 bits per heavy atom. The second kappa shape index (κ2) is 6.74. The van der Waals surface area contributed by atoms with E-state index in [0.29, 0.717) is 24.8 Å². The quantitative estimate of drug-likeness (QED) is 0.916. The lowest BCUT2D eigenvalue weighted by atomic mass is 10.1. The summed E-state index contributed by atoms with van der Waals surface area (Å²) in [6.07, 6.45) is 1.56. The maximum absolute atomic E-state index is 12.7. The van der Waals surface area contributed by atoms with Crippen molar-refractivity contribution < 1.29 is 9.21 Å². The van der Waals surface area contributed by atoms with Crippen molar-refractivity contribution in [3.05, 3.63) is 45.3 Å². The van der Waals surface area contributed by atoms with Crippen LogP contribution in [0.25, 0.3) is 0 Å². The van der Waals surface area contributed by atoms with Crippen LogP contribution in [0.3, 0.4) is 0 Å². The number of aromatic nitrogens is 2. The molecule has 1 aliphatic heterocycles. The van der Waals surface area contributed by atoms with E-state index in [-0.39, 0.29) is 17.4 Å². The molecule has 3 heterocycles. The Morgan fingerprint density at radius 3 is 2.84 bits per heavy atom. The predicted octanol–water partition coefficient (Wildman–Crippen LogP) is 1.93. The van der Waals surface area contributed by atoms with Gasteiger partial charge in [-0.3, -0.25) is 14.6 Å². The minimum atomic E-state index is -0.173. The molecule has 1 N–H and O–H groups in total. The van der Waals surface area contributed by atoms with Crippen LogP contribution in [0, 0.1) is 6.92 Å². The molecule has 25 heavy (non-hydrogen) atoms. The van der Waals surface area contributed by atoms with Crippen molar-refractivity contribution in [3.8, 4) is 0 Å². The van der Waals surface area contributed by atoms with E-state index in [9.17, 15) is 9.59 Å². The van der Waals surface area contributed by atoms with Crippen molar-refractivity contribution in [2.75, 3.05) is 32.1 Å². The van der Waals surface area contributed by atoms with Gasteiger partial charge < -0.3 is 14.2 Å². The van der Waals surface area contributed by atoms with Crippen LogP contribution in [-0.2, 0) is 6.42 Å². The molecule has 2 aromatic heterocycles. The maximum Gasteiger partial charge on any atom is 0.289 e. The molecule has 2 aromatic rings. The van der Waals surface area contributed by atoms with Crippen molar-refractivity contribution in [1.29, 1.82) is 0 Å². The molecule has 7 nitrogen and oxygen atoms in total. The molecule has 1 aliphatic rings. The number of hydrogen-bond donors (Lipinski definition) is 1. The summed E-state index contributed by atoms with van der Waals surface area (Å²) in [6, 6.07) is 3.34. The minimum Gasteiger partial charge on any atom is -0.456 e. The fourth-order valence-corrected chi connectivity index (χ4v) is 3.20. The average Bonchev–Trinajstić information content (AvgIpc) is 3.20. The number of anilines is 1. The van der Waals surface area contributed by atoms with E-state index in [1.165, 1.54) is 6.07 Å². The van der Waals surface area contributed by atoms with E-state index in [0.717, 1.165) is 29.9 Å². The molecule has 1 atom stereocenters. The summed E-state index contributed by atoms with van der Waals surface area (Å²) in [7, 11) is 3.66. The lowest BCUT2D eigenvalue weighted by molar-refractivity contribution is 0.0757. The normalized spacial score (nSPS) is 17.1. The van der Waals surface area contributed by atoms with Crippen LogP contribution >= 0.6 is 0 Å². The largest absolute Gasteiger partial charge is 0.456 e. The SMILES string of the molecule is CCc1oc(C(=O)N2CCC(c3cc(=O)[nH]c(N(C)C)n3)C2)cc1C. The highest BCUT2D eigenvalue weighted by Gasteiger charge is 2.31. The smallest absolute Gasteiger partial charge is 0.289 e. The highest BCUT2D eigenvalue weighted by atomic mass is 16.4. The zero-order valence-corrected chi connectivity index (χ0v) is 15.1. The number of nitrogens with one attached hydrogen (secondary N) is 1. The first-order valence-electron chi connectivity index (χ1n) is 8.56. The van der Waals surface area contributed by atoms with Crippen molar-refractivity contribution in [1.82, 2.24) is 14.9 Å². The van der Waals surface area contributed by atoms with E-state index >= 15 is 0 Å². The van der Waals surface area contributed by atoms with Gasteiger partial charge in [-0.1, -0.05) is 6.92 Å². The van der Waals surface area contributed by atoms with Crippen LogP contribution in [0.5, 0.6) is 0 Å². The highest BCUT2D eigenvalue weighted by Crippen LogP contribution is 2.28. The lowest BCUT2D eigenvalue weighted by Crippen LogP contribution is -2.28. The Kier molecular flexibility index (Phi) is 4.65. The van der Waals surface area contributed by atoms with E-state index in [1.807, 2.05) is 34.0 Å². The fourth-order valence-electron chi connectivity index (χ4n) is 3.20. The minimum absolute atomic E-state index is 0.0617. The molecule has 3 rings (SSSR count). The van der Waals surface area contributed by atoms with Crippen molar-refractivity contribution >= 4 is 11.9 Å². The Bertz CT molecular complexity index is 837. The Labute approximate surface area is 146 Å². The number of furan rings is 1. The van der Waals surface area contributed by atoms with Gasteiger partial charge in [-0.25, -0.2) is 4.98 Å². The monoisotopic (exact) mass is 344 g/mol. The summed E-state index contributed by atoms with van der Waals surface area (Å²) in [5, 5.41) is 0. The lowest BCUT2D eigenvalue weighted by Gasteiger charge is -2.16. The van der Waals surface area contributed by atoms with Crippen LogP contribution in [0.2, 0.25) is 0 Å². The van der Waals surface area contributed by atoms with Gasteiger partial charge in [0.05, 0.1) is 5.69 Å². The maximum atomic E-state index is 12.7. The number of carbonyl (C=O) groups excluding carboxylic acids is 1. The summed E-state index contributed by atoms with van der Waals surface area (Å²) in [6.45, 7) is 5.14. The average molecular weight is 344 g/mol. The molecule has 1 fully saturated rings. The first kappa shape index (κ1) is 17.3. The number of carbonyl (C=O) groups is 1. The van der Waals surface area contributed by atoms with Gasteiger partial charge in [0.2, 0.25) is 5.95 Å². The molecule has 134 valence electrons. The molecular weight excluding hydrogens is 320 g/mol. The zero-order chi connectivity index (χ0) is 18.1. The summed E-state index contributed by atoms with van der Waals surface area (Å²) in [5.41, 5.74) is 1.56. The van der Waals surface area contributed by atoms with Crippen molar-refractivity contribution in [2.24, 2.45) is 0 Å². The van der Waals surface area contributed by atoms with E-state index in [1.54, 1.807) is 9.80 Å². The molecule has 1 unspecified atom stereocenters. The second-order valence-electron chi connectivity index (χ2n) is 6.70. The van der Waals surface area contributed by atoms with E-state index < -0.39 is 0 Å². The molecule has 0 spiro atoms. The van der Waals surface area contributed by atoms with Gasteiger partial charge in [-0.05, 0) is 25.0 Å². The standard InChI is InChI=1S/C18H24N4O3/c1-5-14-11(2)8-15(25-14)17(24)22-7-6-12(10-22)13-9-16(23)20-18(19-13)21(3)4/h8-9,12H,5-7,10H2,1-4H3,(H,19,20,23). The summed E-state index contributed by atoms with van der Waals surface area (Å²) in [5.74, 6) is 1.74. The second-order valence-corrected chi connectivity index (χ2v) is 6.70. The van der Waals surface area contributed by atoms with Gasteiger partial charge in [0.15, 0.2) is 5.76 Å². The summed E-state index contributed by atoms with van der Waals surface area (Å²) >= 11 is 0. The molecule has 1 saturated heterocycles. The Hall–Kier alpha value is -2.57. The fraction of sp³-hybridized carbons (Fsp3) is 0.500. The molecule has 7 heteroatoms. The van der Waals surface area contributed by atoms with Gasteiger partial charge in [-0.15, -0.1) is 0 Å².